The van der Waals surface area contributed by atoms with Gasteiger partial charge in [0.2, 0.25) is 34.8 Å². The van der Waals surface area contributed by atoms with Crippen LogP contribution in [0, 0.1) is 29.1 Å². The van der Waals surface area contributed by atoms with Crippen LogP contribution in [0.15, 0.2) is 0 Å². The first-order valence-electron chi connectivity index (χ1n) is 8.33. The minimum atomic E-state index is -2.84. The number of halogens is 5. The molecule has 0 bridgehead atoms. The van der Waals surface area contributed by atoms with E-state index in [1.165, 1.54) is 14.2 Å². The number of nitrogens with one attached hydrogen (secondary N) is 1. The topological polar surface area (TPSA) is 66.0 Å². The minimum Gasteiger partial charge on any atom is -0.404 e. The number of carbonyl (C=O) groups excluding carboxylic acids is 1. The van der Waals surface area contributed by atoms with Crippen LogP contribution in [0.1, 0.15) is 26.7 Å². The zero-order valence-electron chi connectivity index (χ0n) is 15.8. The van der Waals surface area contributed by atoms with Gasteiger partial charge in [0.05, 0.1) is 0 Å². The second kappa shape index (κ2) is 10.7. The van der Waals surface area contributed by atoms with E-state index in [0.29, 0.717) is 18.9 Å². The summed E-state index contributed by atoms with van der Waals surface area (Å²) in [5, 5.41) is 2.16. The van der Waals surface area contributed by atoms with Gasteiger partial charge in [0, 0.05) is 32.9 Å². The lowest BCUT2D eigenvalue weighted by Crippen LogP contribution is -2.45. The summed E-state index contributed by atoms with van der Waals surface area (Å²) in [6.45, 7) is 3.68. The zero-order chi connectivity index (χ0) is 21.5. The van der Waals surface area contributed by atoms with Gasteiger partial charge in [-0.05, 0) is 26.7 Å². The third-order valence-corrected chi connectivity index (χ3v) is 6.62. The molecule has 0 saturated carbocycles. The first kappa shape index (κ1) is 24.3. The van der Waals surface area contributed by atoms with Gasteiger partial charge in [-0.1, -0.05) is 0 Å². The quantitative estimate of drug-likeness (QED) is 0.200. The molecule has 1 aromatic carbocycles. The highest BCUT2D eigenvalue weighted by atomic mass is 28.4. The monoisotopic (exact) mass is 431 g/mol. The normalized spacial score (nSPS) is 11.8. The predicted molar refractivity (Wildman–Crippen MR) is 90.3 cm³/mol. The molecule has 0 aliphatic rings. The molecule has 1 rings (SSSR count). The highest BCUT2D eigenvalue weighted by Crippen LogP contribution is 2.29. The van der Waals surface area contributed by atoms with Crippen LogP contribution in [0.4, 0.5) is 26.7 Å². The largest absolute Gasteiger partial charge is 0.500 e. The van der Waals surface area contributed by atoms with Gasteiger partial charge < -0.3 is 23.3 Å². The van der Waals surface area contributed by atoms with Crippen molar-refractivity contribution in [2.75, 3.05) is 20.8 Å². The van der Waals surface area contributed by atoms with E-state index in [-0.39, 0.29) is 12.6 Å². The van der Waals surface area contributed by atoms with Gasteiger partial charge in [-0.3, -0.25) is 0 Å². The van der Waals surface area contributed by atoms with Crippen molar-refractivity contribution in [2.45, 2.75) is 38.8 Å². The maximum Gasteiger partial charge on any atom is 0.500 e. The average molecular weight is 431 g/mol. The number of hydrogen-bond acceptors (Lipinski definition) is 5. The Labute approximate surface area is 160 Å². The molecule has 160 valence electrons. The van der Waals surface area contributed by atoms with Gasteiger partial charge in [0.25, 0.3) is 0 Å². The molecule has 0 atom stereocenters. The van der Waals surface area contributed by atoms with Gasteiger partial charge in [-0.2, -0.15) is 8.78 Å². The van der Waals surface area contributed by atoms with Crippen molar-refractivity contribution in [2.24, 2.45) is 0 Å². The van der Waals surface area contributed by atoms with E-state index in [1.54, 1.807) is 0 Å². The first-order valence-corrected chi connectivity index (χ1v) is 10.3. The fraction of sp³-hybridized carbons (Fsp3) is 0.562. The summed E-state index contributed by atoms with van der Waals surface area (Å²) in [6.07, 6.45) is -0.553. The summed E-state index contributed by atoms with van der Waals surface area (Å²) in [5.41, 5.74) is 0. The molecule has 0 aliphatic heterocycles. The van der Waals surface area contributed by atoms with Gasteiger partial charge in [0.15, 0.2) is 0 Å². The molecule has 0 unspecified atom stereocenters. The molecule has 0 spiro atoms. The minimum absolute atomic E-state index is 0.0216. The molecule has 0 heterocycles. The SMILES string of the molecule is CO[Si](CCCCNC(=O)Oc1c(F)c(F)c(F)c(F)c1F)(OC)OC(C)C. The second-order valence-electron chi connectivity index (χ2n) is 5.93. The van der Waals surface area contributed by atoms with Gasteiger partial charge in [-0.15, -0.1) is 0 Å². The third kappa shape index (κ3) is 6.12. The molecule has 0 aliphatic carbocycles. The second-order valence-corrected chi connectivity index (χ2v) is 8.85. The smallest absolute Gasteiger partial charge is 0.404 e. The average Bonchev–Trinajstić information content (AvgIpc) is 2.66. The van der Waals surface area contributed by atoms with Crippen molar-refractivity contribution in [1.29, 1.82) is 0 Å². The van der Waals surface area contributed by atoms with E-state index in [9.17, 15) is 26.7 Å². The van der Waals surface area contributed by atoms with Crippen LogP contribution in [0.2, 0.25) is 6.04 Å². The van der Waals surface area contributed by atoms with Crippen molar-refractivity contribution in [3.8, 4) is 5.75 Å². The molecule has 1 N–H and O–H groups in total. The summed E-state index contributed by atoms with van der Waals surface area (Å²) >= 11 is 0. The Morgan fingerprint density at radius 1 is 0.929 bits per heavy atom. The van der Waals surface area contributed by atoms with Crippen molar-refractivity contribution >= 4 is 14.9 Å². The van der Waals surface area contributed by atoms with Gasteiger partial charge >= 0.3 is 14.9 Å². The Morgan fingerprint density at radius 2 is 1.43 bits per heavy atom. The fourth-order valence-electron chi connectivity index (χ4n) is 2.26. The Balaban J connectivity index is 2.55. The number of rotatable bonds is 10. The molecule has 0 fully saturated rings. The molecule has 1 amide bonds. The number of unbranched alkanes of at least 4 members (excludes halogenated alkanes) is 1. The lowest BCUT2D eigenvalue weighted by molar-refractivity contribution is 0.0694. The van der Waals surface area contributed by atoms with Crippen LogP contribution in [-0.4, -0.2) is 41.8 Å². The van der Waals surface area contributed by atoms with E-state index in [0.717, 1.165) is 0 Å². The molecule has 6 nitrogen and oxygen atoms in total. The van der Waals surface area contributed by atoms with Crippen molar-refractivity contribution in [3.63, 3.8) is 0 Å². The molecular weight excluding hydrogens is 409 g/mol. The summed E-state index contributed by atoms with van der Waals surface area (Å²) in [5.74, 6) is -12.9. The van der Waals surface area contributed by atoms with Crippen LogP contribution < -0.4 is 10.1 Å². The van der Waals surface area contributed by atoms with E-state index >= 15 is 0 Å². The molecule has 0 aromatic heterocycles. The van der Waals surface area contributed by atoms with Crippen LogP contribution in [-0.2, 0) is 13.3 Å². The highest BCUT2D eigenvalue weighted by Gasteiger charge is 2.39. The summed E-state index contributed by atoms with van der Waals surface area (Å²) < 4.78 is 86.6. The summed E-state index contributed by atoms with van der Waals surface area (Å²) in [7, 11) is 0.100. The number of hydrogen-bond donors (Lipinski definition) is 1. The predicted octanol–water partition coefficient (Wildman–Crippen LogP) is 3.91. The van der Waals surface area contributed by atoms with E-state index in [1.807, 2.05) is 13.8 Å². The fourth-order valence-corrected chi connectivity index (χ4v) is 4.55. The lowest BCUT2D eigenvalue weighted by Gasteiger charge is -2.28. The van der Waals surface area contributed by atoms with E-state index < -0.39 is 49.7 Å². The number of benzene rings is 1. The van der Waals surface area contributed by atoms with Crippen molar-refractivity contribution in [1.82, 2.24) is 5.32 Å². The molecule has 0 radical (unpaired) electrons. The Morgan fingerprint density at radius 3 is 1.89 bits per heavy atom. The molecular formula is C16H22F5NO5Si. The first-order chi connectivity index (χ1) is 13.1. The third-order valence-electron chi connectivity index (χ3n) is 3.58. The Hall–Kier alpha value is -1.76. The lowest BCUT2D eigenvalue weighted by atomic mass is 10.2. The van der Waals surface area contributed by atoms with E-state index in [4.69, 9.17) is 13.3 Å². The number of ether oxygens (including phenoxy) is 1. The Bertz CT molecular complexity index is 659. The highest BCUT2D eigenvalue weighted by molar-refractivity contribution is 6.60. The number of carbonyl (C=O) groups is 1. The maximum atomic E-state index is 13.5. The molecule has 0 saturated heterocycles. The van der Waals surface area contributed by atoms with Crippen LogP contribution in [0.3, 0.4) is 0 Å². The molecule has 1 aromatic rings. The summed E-state index contributed by atoms with van der Waals surface area (Å²) in [6, 6.07) is 0.451. The van der Waals surface area contributed by atoms with E-state index in [2.05, 4.69) is 10.1 Å². The standard InChI is InChI=1S/C16H22F5NO5Si/c1-9(2)27-28(24-3,25-4)8-6-5-7-22-16(23)26-15-13(20)11(18)10(17)12(19)14(15)21/h9H,5-8H2,1-4H3,(H,22,23). The Kier molecular flexibility index (Phi) is 9.27. The van der Waals surface area contributed by atoms with Gasteiger partial charge in [0.1, 0.15) is 0 Å². The van der Waals surface area contributed by atoms with Crippen LogP contribution >= 0.6 is 0 Å². The maximum absolute atomic E-state index is 13.5. The van der Waals surface area contributed by atoms with Crippen molar-refractivity contribution in [3.05, 3.63) is 29.1 Å². The molecule has 12 heteroatoms. The van der Waals surface area contributed by atoms with Crippen molar-refractivity contribution < 1.29 is 44.8 Å². The molecule has 28 heavy (non-hydrogen) atoms. The van der Waals surface area contributed by atoms with Crippen LogP contribution in [0.25, 0.3) is 0 Å². The van der Waals surface area contributed by atoms with Crippen LogP contribution in [0.5, 0.6) is 5.75 Å². The summed E-state index contributed by atoms with van der Waals surface area (Å²) in [4.78, 5) is 11.6. The van der Waals surface area contributed by atoms with Gasteiger partial charge in [-0.25, -0.2) is 18.0 Å². The number of amides is 1. The zero-order valence-corrected chi connectivity index (χ0v) is 16.8.